The van der Waals surface area contributed by atoms with Gasteiger partial charge in [-0.3, -0.25) is 19.2 Å². The highest BCUT2D eigenvalue weighted by Gasteiger charge is 2.83. The predicted molar refractivity (Wildman–Crippen MR) is 214 cm³/mol. The standard InChI is InChI=1S/C46H61F3NO7P/c1-24(2)34-30(51)22-44(32(52)23-50-36(53)25-9-11-26(12-10-25)46(47,48)49)19-17-40(5)27(35(34)44)13-14-31-41(40,6)18-20-45-42(31,7)16-15-33(43(45,8)58-45)57-38(56)29-21-28(37(54)55)39(29,3)4/h9-12,24,27-29,31-33,52,58H,13-23H2,1-8H3,(H,50,53)(H,54,55)/t27-,28+,29-,31+,32+,33+,40-,41-,42-,43-,44+,45+/m1/s1. The third kappa shape index (κ3) is 5.45. The molecule has 0 bridgehead atoms. The molecule has 1 spiro atoms. The number of allylic oxidation sites excluding steroid dienone is 1. The zero-order valence-corrected chi connectivity index (χ0v) is 36.2. The minimum absolute atomic E-state index is 0.0333. The van der Waals surface area contributed by atoms with Crippen LogP contribution >= 0.6 is 8.58 Å². The quantitative estimate of drug-likeness (QED) is 0.176. The van der Waals surface area contributed by atoms with Gasteiger partial charge in [-0.2, -0.15) is 13.2 Å². The molecule has 0 aromatic heterocycles. The van der Waals surface area contributed by atoms with Crippen molar-refractivity contribution in [2.24, 2.45) is 56.7 Å². The number of carboxylic acids is 1. The molecule has 8 rings (SSSR count). The van der Waals surface area contributed by atoms with Gasteiger partial charge in [-0.15, -0.1) is 8.58 Å². The predicted octanol–water partition coefficient (Wildman–Crippen LogP) is 8.98. The van der Waals surface area contributed by atoms with E-state index in [9.17, 15) is 42.6 Å². The number of alkyl halides is 3. The molecule has 5 saturated carbocycles. The van der Waals surface area contributed by atoms with Gasteiger partial charge in [-0.05, 0) is 127 Å². The van der Waals surface area contributed by atoms with E-state index < -0.39 is 52.4 Å². The van der Waals surface area contributed by atoms with Crippen molar-refractivity contribution >= 4 is 32.2 Å². The van der Waals surface area contributed by atoms with Gasteiger partial charge in [0.15, 0.2) is 5.78 Å². The number of halogens is 3. The number of hydrogen-bond donors (Lipinski definition) is 3. The lowest BCUT2D eigenvalue weighted by atomic mass is 9.33. The van der Waals surface area contributed by atoms with Crippen LogP contribution in [0.4, 0.5) is 13.2 Å². The molecule has 58 heavy (non-hydrogen) atoms. The van der Waals surface area contributed by atoms with E-state index in [4.69, 9.17) is 4.74 Å². The molecule has 318 valence electrons. The Kier molecular flexibility index (Phi) is 9.48. The number of hydrogen-bond acceptors (Lipinski definition) is 6. The number of rotatable bonds is 8. The lowest BCUT2D eigenvalue weighted by Crippen LogP contribution is -2.67. The Bertz CT molecular complexity index is 1980. The number of esters is 1. The van der Waals surface area contributed by atoms with Crippen molar-refractivity contribution in [3.05, 3.63) is 46.5 Å². The minimum atomic E-state index is -4.52. The third-order valence-electron chi connectivity index (χ3n) is 18.5. The van der Waals surface area contributed by atoms with Crippen molar-refractivity contribution in [3.63, 3.8) is 0 Å². The number of Topliss-reactive ketones (excluding diaryl/α,β-unsaturated/α-hetero) is 1. The first-order chi connectivity index (χ1) is 26.8. The number of carbonyl (C=O) groups excluding carboxylic acids is 3. The maximum absolute atomic E-state index is 14.1. The van der Waals surface area contributed by atoms with Gasteiger partial charge >= 0.3 is 18.1 Å². The Morgan fingerprint density at radius 3 is 2.16 bits per heavy atom. The summed E-state index contributed by atoms with van der Waals surface area (Å²) in [6.07, 6.45) is 1.91. The van der Waals surface area contributed by atoms with E-state index in [-0.39, 0.29) is 74.8 Å². The Labute approximate surface area is 342 Å². The Balaban J connectivity index is 1.03. The number of benzene rings is 1. The molecule has 1 aliphatic heterocycles. The fourth-order valence-corrected chi connectivity index (χ4v) is 17.4. The Morgan fingerprint density at radius 2 is 1.55 bits per heavy atom. The van der Waals surface area contributed by atoms with Crippen molar-refractivity contribution in [1.82, 2.24) is 5.32 Å². The molecule has 6 aliphatic carbocycles. The van der Waals surface area contributed by atoms with Gasteiger partial charge in [0, 0.05) is 34.3 Å². The van der Waals surface area contributed by atoms with Crippen LogP contribution in [0.3, 0.4) is 0 Å². The van der Waals surface area contributed by atoms with Crippen LogP contribution < -0.4 is 5.32 Å². The number of nitrogens with one attached hydrogen (secondary N) is 1. The van der Waals surface area contributed by atoms with E-state index in [1.54, 1.807) is 0 Å². The smallest absolute Gasteiger partial charge is 0.416 e. The number of aliphatic hydroxyl groups excluding tert-OH is 1. The average Bonchev–Trinajstić information content (AvgIpc) is 3.66. The SMILES string of the molecule is CC(C)C1=C2[C@H]3CC[C@@H]4[C@@]5(C)CC[C@H](OC(=O)[C@H]6C[C@@H](C(=O)O)C6(C)C)[C@@]6(C)P[C@@]56CC[C@@]4(C)[C@]3(C)CC[C@@]2([C@@H](O)CNC(=O)c2ccc(C(F)(F)F)cc2)CC1=O. The number of ketones is 1. The number of fused-ring (bicyclic) bond motifs is 6. The molecule has 1 aromatic carbocycles. The molecule has 3 N–H and O–H groups in total. The van der Waals surface area contributed by atoms with Gasteiger partial charge in [0.1, 0.15) is 6.10 Å². The summed E-state index contributed by atoms with van der Waals surface area (Å²) in [6.45, 7) is 17.5. The van der Waals surface area contributed by atoms with E-state index in [0.29, 0.717) is 27.3 Å². The number of carbonyl (C=O) groups is 4. The first kappa shape index (κ1) is 41.9. The number of carboxylic acid groups (broad SMARTS) is 1. The van der Waals surface area contributed by atoms with Crippen LogP contribution in [-0.4, -0.2) is 62.9 Å². The zero-order valence-electron chi connectivity index (χ0n) is 35.2. The molecule has 1 amide bonds. The molecular formula is C46H61F3NO7P. The van der Waals surface area contributed by atoms with Gasteiger partial charge in [-0.25, -0.2) is 0 Å². The summed E-state index contributed by atoms with van der Waals surface area (Å²) in [5, 5.41) is 24.5. The maximum atomic E-state index is 14.1. The third-order valence-corrected chi connectivity index (χ3v) is 21.3. The fourth-order valence-electron chi connectivity index (χ4n) is 14.8. The first-order valence-corrected chi connectivity index (χ1v) is 22.5. The minimum Gasteiger partial charge on any atom is -0.481 e. The van der Waals surface area contributed by atoms with Crippen LogP contribution in [-0.2, 0) is 25.3 Å². The topological polar surface area (TPSA) is 130 Å². The fraction of sp³-hybridized carbons (Fsp3) is 0.739. The highest BCUT2D eigenvalue weighted by Crippen LogP contribution is 2.89. The molecule has 13 atom stereocenters. The van der Waals surface area contributed by atoms with Crippen LogP contribution in [0.5, 0.6) is 0 Å². The molecule has 0 radical (unpaired) electrons. The summed E-state index contributed by atoms with van der Waals surface area (Å²) in [6, 6.07) is 4.04. The van der Waals surface area contributed by atoms with Crippen molar-refractivity contribution in [2.75, 3.05) is 6.54 Å². The van der Waals surface area contributed by atoms with Crippen molar-refractivity contribution in [3.8, 4) is 0 Å². The van der Waals surface area contributed by atoms with Crippen LogP contribution in [0.15, 0.2) is 35.4 Å². The van der Waals surface area contributed by atoms with E-state index in [1.165, 1.54) is 0 Å². The molecule has 1 aromatic rings. The summed E-state index contributed by atoms with van der Waals surface area (Å²) in [5.74, 6) is -2.10. The molecule has 7 aliphatic rings. The molecular weight excluding hydrogens is 766 g/mol. The van der Waals surface area contributed by atoms with Crippen molar-refractivity contribution < 1.29 is 47.3 Å². The molecule has 12 heteroatoms. The molecule has 1 saturated heterocycles. The molecule has 6 fully saturated rings. The van der Waals surface area contributed by atoms with E-state index in [0.717, 1.165) is 80.4 Å². The van der Waals surface area contributed by atoms with E-state index in [1.807, 2.05) is 13.8 Å². The number of ether oxygens (including phenoxy) is 1. The van der Waals surface area contributed by atoms with Gasteiger partial charge in [0.25, 0.3) is 5.91 Å². The first-order valence-electron chi connectivity index (χ1n) is 21.5. The monoisotopic (exact) mass is 827 g/mol. The van der Waals surface area contributed by atoms with E-state index in [2.05, 4.69) is 46.9 Å². The second kappa shape index (κ2) is 13.1. The van der Waals surface area contributed by atoms with Crippen LogP contribution in [0.2, 0.25) is 0 Å². The highest BCUT2D eigenvalue weighted by atomic mass is 31.1. The van der Waals surface area contributed by atoms with Crippen LogP contribution in [0.1, 0.15) is 136 Å². The lowest BCUT2D eigenvalue weighted by molar-refractivity contribution is -0.200. The molecule has 1 unspecified atom stereocenters. The lowest BCUT2D eigenvalue weighted by Gasteiger charge is -2.71. The van der Waals surface area contributed by atoms with Crippen molar-refractivity contribution in [1.29, 1.82) is 0 Å². The van der Waals surface area contributed by atoms with E-state index >= 15 is 0 Å². The summed E-state index contributed by atoms with van der Waals surface area (Å²) in [4.78, 5) is 52.6. The summed E-state index contributed by atoms with van der Waals surface area (Å²) >= 11 is 0. The summed E-state index contributed by atoms with van der Waals surface area (Å²) in [5.41, 5.74) is -0.491. The van der Waals surface area contributed by atoms with Gasteiger partial charge in [-0.1, -0.05) is 61.0 Å². The second-order valence-electron chi connectivity index (χ2n) is 21.2. The van der Waals surface area contributed by atoms with Crippen LogP contribution in [0, 0.1) is 56.7 Å². The average molecular weight is 828 g/mol. The Hall–Kier alpha value is -2.78. The van der Waals surface area contributed by atoms with Crippen molar-refractivity contribution in [2.45, 2.75) is 148 Å². The maximum Gasteiger partial charge on any atom is 0.416 e. The second-order valence-corrected chi connectivity index (χ2v) is 23.3. The number of amides is 1. The zero-order chi connectivity index (χ0) is 42.4. The number of aliphatic carboxylic acids is 1. The summed E-state index contributed by atoms with van der Waals surface area (Å²) < 4.78 is 45.9. The molecule has 1 heterocycles. The molecule has 8 nitrogen and oxygen atoms in total. The number of aliphatic hydroxyl groups is 1. The van der Waals surface area contributed by atoms with Gasteiger partial charge in [0.05, 0.1) is 23.5 Å². The van der Waals surface area contributed by atoms with Gasteiger partial charge < -0.3 is 20.3 Å². The van der Waals surface area contributed by atoms with Crippen LogP contribution in [0.25, 0.3) is 0 Å². The summed E-state index contributed by atoms with van der Waals surface area (Å²) in [7, 11) is 0.684. The largest absolute Gasteiger partial charge is 0.481 e. The normalized spacial score (nSPS) is 43.3. The van der Waals surface area contributed by atoms with Gasteiger partial charge in [0.2, 0.25) is 0 Å². The Morgan fingerprint density at radius 1 is 0.897 bits per heavy atom. The highest BCUT2D eigenvalue weighted by molar-refractivity contribution is 7.52.